The zero-order valence-corrected chi connectivity index (χ0v) is 20.3. The number of ether oxygens (including phenoxy) is 2. The highest BCUT2D eigenvalue weighted by Gasteiger charge is 2.17. The lowest BCUT2D eigenvalue weighted by Gasteiger charge is -2.26. The summed E-state index contributed by atoms with van der Waals surface area (Å²) >= 11 is 5.35. The number of carbonyl (C=O) groups is 1. The monoisotopic (exact) mass is 468 g/mol. The van der Waals surface area contributed by atoms with Gasteiger partial charge in [-0.1, -0.05) is 18.2 Å². The second kappa shape index (κ2) is 12.2. The van der Waals surface area contributed by atoms with Crippen molar-refractivity contribution in [2.24, 2.45) is 5.10 Å². The fraction of sp³-hybridized carbons (Fsp3) is 0.400. The molecule has 0 radical (unpaired) electrons. The van der Waals surface area contributed by atoms with E-state index < -0.39 is 0 Å². The van der Waals surface area contributed by atoms with E-state index in [1.165, 1.54) is 6.42 Å². The van der Waals surface area contributed by atoms with Crippen LogP contribution >= 0.6 is 12.2 Å². The zero-order valence-electron chi connectivity index (χ0n) is 19.5. The summed E-state index contributed by atoms with van der Waals surface area (Å²) < 4.78 is 11.5. The van der Waals surface area contributed by atoms with Crippen molar-refractivity contribution in [3.63, 3.8) is 0 Å². The van der Waals surface area contributed by atoms with E-state index in [9.17, 15) is 4.79 Å². The van der Waals surface area contributed by atoms with Crippen LogP contribution in [0.15, 0.2) is 41.5 Å². The molecule has 33 heavy (non-hydrogen) atoms. The first-order valence-corrected chi connectivity index (χ1v) is 11.7. The van der Waals surface area contributed by atoms with Gasteiger partial charge in [0.15, 0.2) is 23.2 Å². The average Bonchev–Trinajstić information content (AvgIpc) is 2.81. The van der Waals surface area contributed by atoms with E-state index in [4.69, 9.17) is 21.7 Å². The summed E-state index contributed by atoms with van der Waals surface area (Å²) in [5.74, 6) is 1.13. The number of carbonyl (C=O) groups excluding carboxylic acids is 1. The number of likely N-dealkylation sites (tertiary alicyclic amines) is 1. The Kier molecular flexibility index (Phi) is 9.06. The van der Waals surface area contributed by atoms with E-state index in [0.29, 0.717) is 23.2 Å². The average molecular weight is 469 g/mol. The van der Waals surface area contributed by atoms with E-state index in [0.717, 1.165) is 48.3 Å². The normalized spacial score (nSPS) is 13.6. The Hall–Kier alpha value is -3.13. The molecular weight excluding hydrogens is 436 g/mol. The number of piperidine rings is 1. The van der Waals surface area contributed by atoms with Crippen LogP contribution in [0.3, 0.4) is 0 Å². The van der Waals surface area contributed by atoms with Crippen molar-refractivity contribution in [2.45, 2.75) is 40.0 Å². The molecule has 1 heterocycles. The van der Waals surface area contributed by atoms with Crippen LogP contribution in [0, 0.1) is 13.8 Å². The number of hydrazone groups is 1. The summed E-state index contributed by atoms with van der Waals surface area (Å²) in [6, 6.07) is 11.6. The largest absolute Gasteiger partial charge is 0.490 e. The molecule has 7 nitrogen and oxygen atoms in total. The third-order valence-electron chi connectivity index (χ3n) is 5.43. The van der Waals surface area contributed by atoms with Crippen LogP contribution in [0.4, 0.5) is 5.69 Å². The highest BCUT2D eigenvalue weighted by Crippen LogP contribution is 2.28. The predicted octanol–water partition coefficient (Wildman–Crippen LogP) is 4.41. The smallest absolute Gasteiger partial charge is 0.260 e. The summed E-state index contributed by atoms with van der Waals surface area (Å²) in [6.45, 7) is 8.07. The second-order valence-corrected chi connectivity index (χ2v) is 8.37. The number of rotatable bonds is 8. The maximum atomic E-state index is 12.4. The molecule has 0 aromatic heterocycles. The minimum absolute atomic E-state index is 0.00727. The standard InChI is InChI=1S/C25H32N4O3S/c1-4-31-22-15-20(11-12-21(22)32-17-23(30)29-13-6-5-7-14-29)16-26-28-25(33)27-24-18(2)9-8-10-19(24)3/h8-12,15-16H,4-7,13-14,17H2,1-3H3,(H2,27,28,33)/b26-16-. The van der Waals surface area contributed by atoms with Crippen LogP contribution in [0.2, 0.25) is 0 Å². The lowest BCUT2D eigenvalue weighted by Crippen LogP contribution is -2.38. The molecule has 3 rings (SSSR count). The molecule has 1 aliphatic heterocycles. The second-order valence-electron chi connectivity index (χ2n) is 7.96. The number of nitrogens with one attached hydrogen (secondary N) is 2. The highest BCUT2D eigenvalue weighted by atomic mass is 32.1. The quantitative estimate of drug-likeness (QED) is 0.340. The maximum Gasteiger partial charge on any atom is 0.260 e. The fourth-order valence-electron chi connectivity index (χ4n) is 3.69. The van der Waals surface area contributed by atoms with Crippen LogP contribution in [-0.2, 0) is 4.79 Å². The van der Waals surface area contributed by atoms with Crippen molar-refractivity contribution in [1.82, 2.24) is 10.3 Å². The summed E-state index contributed by atoms with van der Waals surface area (Å²) in [6.07, 6.45) is 4.95. The van der Waals surface area contributed by atoms with Crippen molar-refractivity contribution in [3.05, 3.63) is 53.1 Å². The van der Waals surface area contributed by atoms with Gasteiger partial charge in [0, 0.05) is 18.8 Å². The fourth-order valence-corrected chi connectivity index (χ4v) is 3.84. The van der Waals surface area contributed by atoms with Crippen molar-refractivity contribution in [3.8, 4) is 11.5 Å². The van der Waals surface area contributed by atoms with Gasteiger partial charge < -0.3 is 19.7 Å². The summed E-state index contributed by atoms with van der Waals surface area (Å²) in [5, 5.41) is 7.82. The Morgan fingerprint density at radius 3 is 2.52 bits per heavy atom. The number of amides is 1. The number of nitrogens with zero attached hydrogens (tertiary/aromatic N) is 2. The van der Waals surface area contributed by atoms with Gasteiger partial charge in [-0.3, -0.25) is 10.2 Å². The molecule has 1 aliphatic rings. The van der Waals surface area contributed by atoms with E-state index in [2.05, 4.69) is 15.8 Å². The molecule has 0 bridgehead atoms. The van der Waals surface area contributed by atoms with Gasteiger partial charge in [-0.15, -0.1) is 0 Å². The Morgan fingerprint density at radius 2 is 1.82 bits per heavy atom. The molecule has 176 valence electrons. The number of aryl methyl sites for hydroxylation is 2. The minimum Gasteiger partial charge on any atom is -0.490 e. The van der Waals surface area contributed by atoms with Gasteiger partial charge in [0.25, 0.3) is 5.91 Å². The van der Waals surface area contributed by atoms with Gasteiger partial charge >= 0.3 is 0 Å². The van der Waals surface area contributed by atoms with E-state index in [1.807, 2.05) is 56.0 Å². The molecule has 0 aliphatic carbocycles. The molecule has 0 atom stereocenters. The lowest BCUT2D eigenvalue weighted by molar-refractivity contribution is -0.134. The molecule has 2 aromatic rings. The highest BCUT2D eigenvalue weighted by molar-refractivity contribution is 7.80. The summed E-state index contributed by atoms with van der Waals surface area (Å²) in [5.41, 5.74) is 6.86. The Morgan fingerprint density at radius 1 is 1.09 bits per heavy atom. The molecule has 1 amide bonds. The number of hydrogen-bond acceptors (Lipinski definition) is 5. The van der Waals surface area contributed by atoms with Gasteiger partial charge in [-0.25, -0.2) is 0 Å². The molecule has 0 unspecified atom stereocenters. The predicted molar refractivity (Wildman–Crippen MR) is 136 cm³/mol. The summed E-state index contributed by atoms with van der Waals surface area (Å²) in [7, 11) is 0. The van der Waals surface area contributed by atoms with Crippen LogP contribution in [-0.4, -0.2) is 48.4 Å². The molecule has 0 spiro atoms. The maximum absolute atomic E-state index is 12.4. The molecule has 1 fully saturated rings. The van der Waals surface area contributed by atoms with Crippen LogP contribution in [0.25, 0.3) is 0 Å². The lowest BCUT2D eigenvalue weighted by atomic mass is 10.1. The number of anilines is 1. The first kappa shape index (κ1) is 24.5. The summed E-state index contributed by atoms with van der Waals surface area (Å²) in [4.78, 5) is 14.3. The third-order valence-corrected chi connectivity index (χ3v) is 5.62. The molecule has 2 aromatic carbocycles. The minimum atomic E-state index is 0.00727. The molecular formula is C25H32N4O3S. The van der Waals surface area contributed by atoms with Crippen molar-refractivity contribution >= 4 is 35.1 Å². The first-order chi connectivity index (χ1) is 16.0. The number of thiocarbonyl (C=S) groups is 1. The van der Waals surface area contributed by atoms with E-state index in [-0.39, 0.29) is 12.5 Å². The zero-order chi connectivity index (χ0) is 23.6. The molecule has 1 saturated heterocycles. The van der Waals surface area contributed by atoms with E-state index in [1.54, 1.807) is 12.3 Å². The molecule has 8 heteroatoms. The van der Waals surface area contributed by atoms with Crippen LogP contribution in [0.5, 0.6) is 11.5 Å². The van der Waals surface area contributed by atoms with Crippen molar-refractivity contribution in [1.29, 1.82) is 0 Å². The van der Waals surface area contributed by atoms with Crippen LogP contribution in [0.1, 0.15) is 42.9 Å². The Labute approximate surface area is 201 Å². The molecule has 2 N–H and O–H groups in total. The first-order valence-electron chi connectivity index (χ1n) is 11.3. The third kappa shape index (κ3) is 7.18. The van der Waals surface area contributed by atoms with Gasteiger partial charge in [-0.05, 0) is 87.1 Å². The number of hydrogen-bond donors (Lipinski definition) is 2. The van der Waals surface area contributed by atoms with E-state index >= 15 is 0 Å². The van der Waals surface area contributed by atoms with Crippen LogP contribution < -0.4 is 20.2 Å². The Balaban J connectivity index is 1.58. The van der Waals surface area contributed by atoms with Gasteiger partial charge in [0.2, 0.25) is 0 Å². The van der Waals surface area contributed by atoms with Gasteiger partial charge in [-0.2, -0.15) is 5.10 Å². The van der Waals surface area contributed by atoms with Gasteiger partial charge in [0.05, 0.1) is 12.8 Å². The topological polar surface area (TPSA) is 75.2 Å². The number of benzene rings is 2. The van der Waals surface area contributed by atoms with Gasteiger partial charge in [0.1, 0.15) is 0 Å². The SMILES string of the molecule is CCOc1cc(/C=N\NC(=S)Nc2c(C)cccc2C)ccc1OCC(=O)N1CCCCC1. The van der Waals surface area contributed by atoms with Crippen molar-refractivity contribution < 1.29 is 14.3 Å². The van der Waals surface area contributed by atoms with Crippen molar-refractivity contribution in [2.75, 3.05) is 31.6 Å². The molecule has 0 saturated carbocycles. The number of para-hydroxylation sites is 1. The Bertz CT molecular complexity index is 983.